The molecule has 0 saturated carbocycles. The Kier molecular flexibility index (Phi) is 5.26. The molecular formula is C30H26N2O2. The van der Waals surface area contributed by atoms with Gasteiger partial charge in [0.2, 0.25) is 0 Å². The molecule has 0 aliphatic carbocycles. The molecule has 4 aromatic carbocycles. The van der Waals surface area contributed by atoms with E-state index in [1.807, 2.05) is 24.3 Å². The molecule has 1 heterocycles. The molecule has 1 aromatic heterocycles. The van der Waals surface area contributed by atoms with Gasteiger partial charge in [0.1, 0.15) is 11.5 Å². The lowest BCUT2D eigenvalue weighted by atomic mass is 9.91. The van der Waals surface area contributed by atoms with Crippen molar-refractivity contribution >= 4 is 21.8 Å². The number of benzene rings is 4. The molecule has 34 heavy (non-hydrogen) atoms. The lowest BCUT2D eigenvalue weighted by molar-refractivity contribution is 0.415. The SMILES string of the molecule is COc1ccc2c(c1)c1cc(OC)ccc1n2-c1ccc(C#N)cc1-c1c(C)cc(C)cc1C. The Morgan fingerprint density at radius 2 is 1.26 bits per heavy atom. The fourth-order valence-corrected chi connectivity index (χ4v) is 5.10. The lowest BCUT2D eigenvalue weighted by Crippen LogP contribution is -2.00. The van der Waals surface area contributed by atoms with E-state index < -0.39 is 0 Å². The van der Waals surface area contributed by atoms with Crippen LogP contribution in [0.3, 0.4) is 0 Å². The number of aromatic nitrogens is 1. The first-order chi connectivity index (χ1) is 16.4. The first-order valence-corrected chi connectivity index (χ1v) is 11.2. The molecule has 0 spiro atoms. The summed E-state index contributed by atoms with van der Waals surface area (Å²) in [5.74, 6) is 1.61. The highest BCUT2D eigenvalue weighted by molar-refractivity contribution is 6.10. The van der Waals surface area contributed by atoms with Crippen LogP contribution in [0.5, 0.6) is 11.5 Å². The zero-order valence-electron chi connectivity index (χ0n) is 20.1. The van der Waals surface area contributed by atoms with Gasteiger partial charge in [-0.15, -0.1) is 0 Å². The zero-order chi connectivity index (χ0) is 24.0. The Bertz CT molecular complexity index is 1540. The van der Waals surface area contributed by atoms with Crippen LogP contribution in [-0.4, -0.2) is 18.8 Å². The van der Waals surface area contributed by atoms with Crippen LogP contribution in [-0.2, 0) is 0 Å². The molecule has 0 radical (unpaired) electrons. The maximum Gasteiger partial charge on any atom is 0.119 e. The van der Waals surface area contributed by atoms with Crippen LogP contribution in [0.1, 0.15) is 22.3 Å². The van der Waals surface area contributed by atoms with Crippen molar-refractivity contribution in [1.82, 2.24) is 4.57 Å². The second-order valence-electron chi connectivity index (χ2n) is 8.72. The van der Waals surface area contributed by atoms with Gasteiger partial charge < -0.3 is 14.0 Å². The standard InChI is InChI=1S/C30H26N2O2/c1-18-12-19(2)30(20(3)13-18)26-14-21(17-31)6-9-29(26)32-27-10-7-22(33-4)15-24(27)25-16-23(34-5)8-11-28(25)32/h6-16H,1-5H3. The number of nitrogens with zero attached hydrogens (tertiary/aromatic N) is 2. The van der Waals surface area contributed by atoms with E-state index in [2.05, 4.69) is 73.9 Å². The molecule has 0 amide bonds. The van der Waals surface area contributed by atoms with Gasteiger partial charge in [-0.05, 0) is 92.1 Å². The minimum atomic E-state index is 0.641. The summed E-state index contributed by atoms with van der Waals surface area (Å²) < 4.78 is 13.3. The third-order valence-electron chi connectivity index (χ3n) is 6.49. The number of fused-ring (bicyclic) bond motifs is 3. The summed E-state index contributed by atoms with van der Waals surface area (Å²) in [5.41, 5.74) is 9.62. The van der Waals surface area contributed by atoms with Gasteiger partial charge in [-0.1, -0.05) is 17.7 Å². The van der Waals surface area contributed by atoms with Crippen LogP contribution < -0.4 is 9.47 Å². The number of methoxy groups -OCH3 is 2. The molecule has 5 rings (SSSR count). The molecule has 0 saturated heterocycles. The summed E-state index contributed by atoms with van der Waals surface area (Å²) >= 11 is 0. The quantitative estimate of drug-likeness (QED) is 0.292. The van der Waals surface area contributed by atoms with Crippen molar-refractivity contribution < 1.29 is 9.47 Å². The van der Waals surface area contributed by atoms with Gasteiger partial charge in [-0.25, -0.2) is 0 Å². The third-order valence-corrected chi connectivity index (χ3v) is 6.49. The summed E-state index contributed by atoms with van der Waals surface area (Å²) in [4.78, 5) is 0. The van der Waals surface area contributed by atoms with E-state index in [0.29, 0.717) is 5.56 Å². The van der Waals surface area contributed by atoms with Crippen LogP contribution in [0.15, 0.2) is 66.7 Å². The molecule has 0 aliphatic heterocycles. The van der Waals surface area contributed by atoms with E-state index in [4.69, 9.17) is 9.47 Å². The number of hydrogen-bond acceptors (Lipinski definition) is 3. The number of hydrogen-bond donors (Lipinski definition) is 0. The summed E-state index contributed by atoms with van der Waals surface area (Å²) in [5, 5.41) is 11.9. The second kappa shape index (κ2) is 8.28. The predicted octanol–water partition coefficient (Wildman–Crippen LogP) is 7.26. The Hall–Kier alpha value is -4.23. The molecular weight excluding hydrogens is 420 g/mol. The highest BCUT2D eigenvalue weighted by Crippen LogP contribution is 2.40. The molecule has 0 aliphatic rings. The first kappa shape index (κ1) is 21.6. The fraction of sp³-hybridized carbons (Fsp3) is 0.167. The van der Waals surface area contributed by atoms with Gasteiger partial charge >= 0.3 is 0 Å². The Labute approximate surface area is 199 Å². The predicted molar refractivity (Wildman–Crippen MR) is 138 cm³/mol. The number of ether oxygens (including phenoxy) is 2. The lowest BCUT2D eigenvalue weighted by Gasteiger charge is -2.18. The van der Waals surface area contributed by atoms with Crippen molar-refractivity contribution in [1.29, 1.82) is 5.26 Å². The highest BCUT2D eigenvalue weighted by atomic mass is 16.5. The maximum atomic E-state index is 9.69. The minimum absolute atomic E-state index is 0.641. The van der Waals surface area contributed by atoms with Gasteiger partial charge in [0.05, 0.1) is 42.6 Å². The van der Waals surface area contributed by atoms with Crippen LogP contribution in [0.4, 0.5) is 0 Å². The van der Waals surface area contributed by atoms with E-state index >= 15 is 0 Å². The fourth-order valence-electron chi connectivity index (χ4n) is 5.10. The molecule has 0 atom stereocenters. The van der Waals surface area contributed by atoms with Crippen molar-refractivity contribution in [3.8, 4) is 34.4 Å². The molecule has 4 nitrogen and oxygen atoms in total. The van der Waals surface area contributed by atoms with Crippen LogP contribution in [0.25, 0.3) is 38.6 Å². The van der Waals surface area contributed by atoms with E-state index in [0.717, 1.165) is 50.1 Å². The molecule has 0 N–H and O–H groups in total. The summed E-state index contributed by atoms with van der Waals surface area (Å²) in [7, 11) is 3.37. The molecule has 4 heteroatoms. The summed E-state index contributed by atoms with van der Waals surface area (Å²) in [6, 6.07) is 25.0. The minimum Gasteiger partial charge on any atom is -0.497 e. The second-order valence-corrected chi connectivity index (χ2v) is 8.72. The average Bonchev–Trinajstić information content (AvgIpc) is 3.16. The monoisotopic (exact) mass is 446 g/mol. The van der Waals surface area contributed by atoms with Crippen LogP contribution >= 0.6 is 0 Å². The van der Waals surface area contributed by atoms with E-state index in [9.17, 15) is 5.26 Å². The maximum absolute atomic E-state index is 9.69. The first-order valence-electron chi connectivity index (χ1n) is 11.2. The summed E-state index contributed by atoms with van der Waals surface area (Å²) in [6.07, 6.45) is 0. The van der Waals surface area contributed by atoms with Crippen molar-refractivity contribution in [2.45, 2.75) is 20.8 Å². The Morgan fingerprint density at radius 1 is 0.706 bits per heavy atom. The number of nitriles is 1. The van der Waals surface area contributed by atoms with Gasteiger partial charge in [-0.3, -0.25) is 0 Å². The van der Waals surface area contributed by atoms with Crippen molar-refractivity contribution in [2.75, 3.05) is 14.2 Å². The van der Waals surface area contributed by atoms with Gasteiger partial charge in [0.15, 0.2) is 0 Å². The Balaban J connectivity index is 1.93. The normalized spacial score (nSPS) is 11.1. The molecule has 0 bridgehead atoms. The topological polar surface area (TPSA) is 47.2 Å². The van der Waals surface area contributed by atoms with Gasteiger partial charge in [0, 0.05) is 16.3 Å². The van der Waals surface area contributed by atoms with E-state index in [-0.39, 0.29) is 0 Å². The highest BCUT2D eigenvalue weighted by Gasteiger charge is 2.19. The number of aryl methyl sites for hydroxylation is 3. The van der Waals surface area contributed by atoms with Gasteiger partial charge in [-0.2, -0.15) is 5.26 Å². The van der Waals surface area contributed by atoms with E-state index in [1.54, 1.807) is 14.2 Å². The molecule has 0 unspecified atom stereocenters. The van der Waals surface area contributed by atoms with Crippen LogP contribution in [0, 0.1) is 32.1 Å². The number of rotatable bonds is 4. The zero-order valence-corrected chi connectivity index (χ0v) is 20.1. The van der Waals surface area contributed by atoms with Crippen LogP contribution in [0.2, 0.25) is 0 Å². The average molecular weight is 447 g/mol. The van der Waals surface area contributed by atoms with Crippen molar-refractivity contribution in [3.63, 3.8) is 0 Å². The molecule has 5 aromatic rings. The van der Waals surface area contributed by atoms with Gasteiger partial charge in [0.25, 0.3) is 0 Å². The van der Waals surface area contributed by atoms with Crippen molar-refractivity contribution in [2.24, 2.45) is 0 Å². The van der Waals surface area contributed by atoms with E-state index in [1.165, 1.54) is 16.7 Å². The van der Waals surface area contributed by atoms with Crippen molar-refractivity contribution in [3.05, 3.63) is 89.0 Å². The third kappa shape index (κ3) is 3.38. The largest absolute Gasteiger partial charge is 0.497 e. The molecule has 0 fully saturated rings. The Morgan fingerprint density at radius 3 is 1.76 bits per heavy atom. The smallest absolute Gasteiger partial charge is 0.119 e. The molecule has 168 valence electrons. The summed E-state index contributed by atoms with van der Waals surface area (Å²) in [6.45, 7) is 6.39.